The van der Waals surface area contributed by atoms with E-state index in [4.69, 9.17) is 4.74 Å². The van der Waals surface area contributed by atoms with Crippen LogP contribution in [0.5, 0.6) is 0 Å². The Morgan fingerprint density at radius 3 is 2.50 bits per heavy atom. The summed E-state index contributed by atoms with van der Waals surface area (Å²) >= 11 is 0. The van der Waals surface area contributed by atoms with Crippen LogP contribution in [0.15, 0.2) is 42.5 Å². The van der Waals surface area contributed by atoms with Crippen LogP contribution in [-0.4, -0.2) is 22.9 Å². The van der Waals surface area contributed by atoms with Crippen molar-refractivity contribution in [2.24, 2.45) is 0 Å². The highest BCUT2D eigenvalue weighted by Gasteiger charge is 2.23. The van der Waals surface area contributed by atoms with Gasteiger partial charge in [-0.15, -0.1) is 0 Å². The summed E-state index contributed by atoms with van der Waals surface area (Å²) in [4.78, 5) is 34.6. The molecular formula is C18H17FN2O5. The molecule has 0 aliphatic rings. The van der Waals surface area contributed by atoms with Crippen molar-refractivity contribution in [3.05, 3.63) is 75.1 Å². The molecule has 2 rings (SSSR count). The number of carbonyl (C=O) groups excluding carboxylic acids is 2. The molecule has 8 heteroatoms. The molecule has 2 aromatic rings. The van der Waals surface area contributed by atoms with Crippen molar-refractivity contribution >= 4 is 17.6 Å². The quantitative estimate of drug-likeness (QED) is 0.485. The molecular weight excluding hydrogens is 343 g/mol. The van der Waals surface area contributed by atoms with Crippen LogP contribution in [0.25, 0.3) is 0 Å². The second-order valence-corrected chi connectivity index (χ2v) is 5.60. The Balaban J connectivity index is 1.98. The predicted octanol–water partition coefficient (Wildman–Crippen LogP) is 2.90. The van der Waals surface area contributed by atoms with Gasteiger partial charge in [0.15, 0.2) is 6.10 Å². The van der Waals surface area contributed by atoms with Crippen LogP contribution in [0.2, 0.25) is 0 Å². The van der Waals surface area contributed by atoms with E-state index in [9.17, 15) is 24.1 Å². The minimum Gasteiger partial charge on any atom is -0.449 e. The number of nitro groups is 1. The summed E-state index contributed by atoms with van der Waals surface area (Å²) in [6.45, 7) is 2.98. The number of nitro benzene ring substituents is 1. The van der Waals surface area contributed by atoms with Crippen LogP contribution in [0.3, 0.4) is 0 Å². The topological polar surface area (TPSA) is 98.5 Å². The molecule has 0 aliphatic carbocycles. The Bertz CT molecular complexity index is 836. The summed E-state index contributed by atoms with van der Waals surface area (Å²) in [5, 5.41) is 13.5. The number of halogens is 1. The van der Waals surface area contributed by atoms with E-state index in [1.54, 1.807) is 0 Å². The third kappa shape index (κ3) is 4.62. The van der Waals surface area contributed by atoms with Gasteiger partial charge in [-0.05, 0) is 37.6 Å². The van der Waals surface area contributed by atoms with E-state index in [1.165, 1.54) is 56.3 Å². The Kier molecular flexibility index (Phi) is 6.00. The standard InChI is InChI=1S/C18H17FN2O5/c1-11-15(4-3-5-16(11)21(24)25)18(23)26-12(2)17(22)20-10-13-6-8-14(19)9-7-13/h3-9,12H,10H2,1-2H3,(H,20,22). The lowest BCUT2D eigenvalue weighted by Crippen LogP contribution is -2.35. The lowest BCUT2D eigenvalue weighted by molar-refractivity contribution is -0.385. The van der Waals surface area contributed by atoms with E-state index in [-0.39, 0.29) is 29.2 Å². The number of nitrogens with one attached hydrogen (secondary N) is 1. The van der Waals surface area contributed by atoms with E-state index in [0.717, 1.165) is 0 Å². The highest BCUT2D eigenvalue weighted by atomic mass is 19.1. The smallest absolute Gasteiger partial charge is 0.339 e. The first-order valence-electron chi connectivity index (χ1n) is 7.76. The van der Waals surface area contributed by atoms with Crippen molar-refractivity contribution in [1.82, 2.24) is 5.32 Å². The molecule has 2 aromatic carbocycles. The maximum absolute atomic E-state index is 12.8. The maximum Gasteiger partial charge on any atom is 0.339 e. The Morgan fingerprint density at radius 1 is 1.23 bits per heavy atom. The normalized spacial score (nSPS) is 11.5. The number of esters is 1. The van der Waals surface area contributed by atoms with Crippen LogP contribution >= 0.6 is 0 Å². The zero-order chi connectivity index (χ0) is 19.3. The molecule has 1 atom stereocenters. The largest absolute Gasteiger partial charge is 0.449 e. The maximum atomic E-state index is 12.8. The van der Waals surface area contributed by atoms with Gasteiger partial charge in [0.25, 0.3) is 11.6 Å². The van der Waals surface area contributed by atoms with Gasteiger partial charge in [0.05, 0.1) is 10.5 Å². The van der Waals surface area contributed by atoms with Crippen molar-refractivity contribution in [1.29, 1.82) is 0 Å². The van der Waals surface area contributed by atoms with Gasteiger partial charge in [0.2, 0.25) is 0 Å². The van der Waals surface area contributed by atoms with Gasteiger partial charge in [-0.1, -0.05) is 18.2 Å². The Hall–Kier alpha value is -3.29. The van der Waals surface area contributed by atoms with Crippen molar-refractivity contribution in [2.75, 3.05) is 0 Å². The van der Waals surface area contributed by atoms with E-state index in [2.05, 4.69) is 5.32 Å². The average Bonchev–Trinajstić information content (AvgIpc) is 2.60. The zero-order valence-electron chi connectivity index (χ0n) is 14.2. The third-order valence-electron chi connectivity index (χ3n) is 3.75. The number of benzene rings is 2. The first-order chi connectivity index (χ1) is 12.3. The van der Waals surface area contributed by atoms with Gasteiger partial charge < -0.3 is 10.1 Å². The molecule has 0 aliphatic heterocycles. The first kappa shape index (κ1) is 19.0. The molecule has 7 nitrogen and oxygen atoms in total. The number of nitrogens with zero attached hydrogens (tertiary/aromatic N) is 1. The molecule has 1 N–H and O–H groups in total. The summed E-state index contributed by atoms with van der Waals surface area (Å²) in [5.41, 5.74) is 0.680. The Labute approximate surface area is 148 Å². The third-order valence-corrected chi connectivity index (χ3v) is 3.75. The number of hydrogen-bond donors (Lipinski definition) is 1. The minimum atomic E-state index is -1.10. The van der Waals surface area contributed by atoms with Gasteiger partial charge in [-0.2, -0.15) is 0 Å². The molecule has 0 radical (unpaired) electrons. The molecule has 0 spiro atoms. The molecule has 26 heavy (non-hydrogen) atoms. The Morgan fingerprint density at radius 2 is 1.88 bits per heavy atom. The molecule has 136 valence electrons. The van der Waals surface area contributed by atoms with E-state index in [0.29, 0.717) is 5.56 Å². The molecule has 0 saturated carbocycles. The minimum absolute atomic E-state index is 0.0254. The zero-order valence-corrected chi connectivity index (χ0v) is 14.2. The van der Waals surface area contributed by atoms with Crippen molar-refractivity contribution < 1.29 is 23.6 Å². The number of hydrogen-bond acceptors (Lipinski definition) is 5. The second-order valence-electron chi connectivity index (χ2n) is 5.60. The van der Waals surface area contributed by atoms with Gasteiger partial charge in [0.1, 0.15) is 5.82 Å². The van der Waals surface area contributed by atoms with Crippen molar-refractivity contribution in [3.8, 4) is 0 Å². The molecule has 0 saturated heterocycles. The summed E-state index contributed by atoms with van der Waals surface area (Å²) < 4.78 is 17.9. The van der Waals surface area contributed by atoms with Crippen LogP contribution in [-0.2, 0) is 16.1 Å². The highest BCUT2D eigenvalue weighted by Crippen LogP contribution is 2.22. The lowest BCUT2D eigenvalue weighted by Gasteiger charge is -2.14. The van der Waals surface area contributed by atoms with Crippen LogP contribution in [0.1, 0.15) is 28.4 Å². The monoisotopic (exact) mass is 360 g/mol. The number of rotatable bonds is 6. The van der Waals surface area contributed by atoms with Crippen LogP contribution in [0, 0.1) is 22.9 Å². The first-order valence-corrected chi connectivity index (χ1v) is 7.76. The molecule has 0 heterocycles. The van der Waals surface area contributed by atoms with E-state index >= 15 is 0 Å². The summed E-state index contributed by atoms with van der Waals surface area (Å²) in [5.74, 6) is -1.74. The van der Waals surface area contributed by atoms with Gasteiger partial charge >= 0.3 is 5.97 Å². The number of amides is 1. The summed E-state index contributed by atoms with van der Waals surface area (Å²) in [6, 6.07) is 9.66. The van der Waals surface area contributed by atoms with Gasteiger partial charge in [-0.25, -0.2) is 9.18 Å². The molecule has 0 aromatic heterocycles. The second kappa shape index (κ2) is 8.19. The molecule has 1 amide bonds. The van der Waals surface area contributed by atoms with Crippen LogP contribution < -0.4 is 5.32 Å². The highest BCUT2D eigenvalue weighted by molar-refractivity contribution is 5.94. The van der Waals surface area contributed by atoms with E-state index < -0.39 is 22.9 Å². The van der Waals surface area contributed by atoms with Crippen LogP contribution in [0.4, 0.5) is 10.1 Å². The fourth-order valence-electron chi connectivity index (χ4n) is 2.26. The summed E-state index contributed by atoms with van der Waals surface area (Å²) in [7, 11) is 0. The predicted molar refractivity (Wildman–Crippen MR) is 91.0 cm³/mol. The van der Waals surface area contributed by atoms with E-state index in [1.807, 2.05) is 0 Å². The van der Waals surface area contributed by atoms with Gasteiger partial charge in [-0.3, -0.25) is 14.9 Å². The molecule has 0 bridgehead atoms. The number of ether oxygens (including phenoxy) is 1. The fourth-order valence-corrected chi connectivity index (χ4v) is 2.26. The fraction of sp³-hybridized carbons (Fsp3) is 0.222. The molecule has 1 unspecified atom stereocenters. The van der Waals surface area contributed by atoms with Crippen molar-refractivity contribution in [2.45, 2.75) is 26.5 Å². The summed E-state index contributed by atoms with van der Waals surface area (Å²) in [6.07, 6.45) is -1.10. The number of carbonyl (C=O) groups is 2. The molecule has 0 fully saturated rings. The lowest BCUT2D eigenvalue weighted by atomic mass is 10.1. The van der Waals surface area contributed by atoms with Gasteiger partial charge in [0, 0.05) is 18.2 Å². The van der Waals surface area contributed by atoms with Crippen molar-refractivity contribution in [3.63, 3.8) is 0 Å². The average molecular weight is 360 g/mol. The SMILES string of the molecule is Cc1c(C(=O)OC(C)C(=O)NCc2ccc(F)cc2)cccc1[N+](=O)[O-].